The molecule has 2 aromatic carbocycles. The number of ether oxygens (including phenoxy) is 2. The number of hydrogen-bond donors (Lipinski definition) is 1. The molecule has 9 heteroatoms. The standard InChI is InChI=1S/C28H29N3O5S/c1-17-8-10-18(11-9-17)22-23(32)28(37-24(22)31-12-14-36-15-13-31)20(25(33)35-3)16-30(2)27(28)19-6-4-5-7-21(19)29-26(27)34/h4-11,20H,12-16H2,1-3H3,(H,29,34)/t20-,27-,28?/m0/s1. The number of methoxy groups -OCH3 is 1. The minimum absolute atomic E-state index is 0.213. The summed E-state index contributed by atoms with van der Waals surface area (Å²) in [7, 11) is 3.16. The molecule has 37 heavy (non-hydrogen) atoms. The van der Waals surface area contributed by atoms with Crippen molar-refractivity contribution in [3.63, 3.8) is 0 Å². The topological polar surface area (TPSA) is 88.2 Å². The smallest absolute Gasteiger partial charge is 0.311 e. The third kappa shape index (κ3) is 3.14. The first kappa shape index (κ1) is 24.2. The minimum atomic E-state index is -1.45. The number of carbonyl (C=O) groups excluding carboxylic acids is 3. The summed E-state index contributed by atoms with van der Waals surface area (Å²) in [5.74, 6) is -1.85. The molecule has 192 valence electrons. The maximum Gasteiger partial charge on any atom is 0.311 e. The molecule has 1 unspecified atom stereocenters. The van der Waals surface area contributed by atoms with E-state index >= 15 is 4.79 Å². The molecular formula is C28H29N3O5S. The number of nitrogens with one attached hydrogen (secondary N) is 1. The van der Waals surface area contributed by atoms with Crippen LogP contribution in [0.2, 0.25) is 0 Å². The molecule has 0 aromatic heterocycles. The van der Waals surface area contributed by atoms with E-state index in [0.29, 0.717) is 43.1 Å². The van der Waals surface area contributed by atoms with Gasteiger partial charge in [-0.25, -0.2) is 0 Å². The quantitative estimate of drug-likeness (QED) is 0.620. The van der Waals surface area contributed by atoms with Crippen molar-refractivity contribution >= 4 is 40.7 Å². The zero-order valence-electron chi connectivity index (χ0n) is 21.1. The van der Waals surface area contributed by atoms with E-state index in [1.54, 1.807) is 0 Å². The van der Waals surface area contributed by atoms with E-state index in [4.69, 9.17) is 9.47 Å². The van der Waals surface area contributed by atoms with E-state index in [1.165, 1.54) is 18.9 Å². The number of thioether (sulfide) groups is 1. The van der Waals surface area contributed by atoms with Gasteiger partial charge in [-0.15, -0.1) is 0 Å². The van der Waals surface area contributed by atoms with Gasteiger partial charge in [0.2, 0.25) is 0 Å². The van der Waals surface area contributed by atoms with Crippen LogP contribution in [0, 0.1) is 12.8 Å². The number of hydrogen-bond acceptors (Lipinski definition) is 8. The number of para-hydroxylation sites is 1. The summed E-state index contributed by atoms with van der Waals surface area (Å²) in [6.07, 6.45) is 0. The summed E-state index contributed by atoms with van der Waals surface area (Å²) < 4.78 is 9.43. The van der Waals surface area contributed by atoms with Crippen LogP contribution in [-0.4, -0.2) is 79.2 Å². The third-order valence-corrected chi connectivity index (χ3v) is 9.85. The Labute approximate surface area is 220 Å². The van der Waals surface area contributed by atoms with E-state index in [2.05, 4.69) is 10.2 Å². The van der Waals surface area contributed by atoms with E-state index < -0.39 is 22.2 Å². The Bertz CT molecular complexity index is 1340. The van der Waals surface area contributed by atoms with E-state index in [1.807, 2.05) is 67.4 Å². The summed E-state index contributed by atoms with van der Waals surface area (Å²) in [5, 5.41) is 3.81. The van der Waals surface area contributed by atoms with E-state index in [9.17, 15) is 9.59 Å². The molecule has 8 nitrogen and oxygen atoms in total. The normalized spacial score (nSPS) is 29.4. The van der Waals surface area contributed by atoms with Crippen LogP contribution in [0.1, 0.15) is 16.7 Å². The van der Waals surface area contributed by atoms with Crippen LogP contribution < -0.4 is 5.32 Å². The molecule has 4 aliphatic rings. The van der Waals surface area contributed by atoms with Crippen LogP contribution in [-0.2, 0) is 29.4 Å². The van der Waals surface area contributed by atoms with Gasteiger partial charge < -0.3 is 19.7 Å². The first-order valence-corrected chi connectivity index (χ1v) is 13.3. The molecular weight excluding hydrogens is 490 g/mol. The summed E-state index contributed by atoms with van der Waals surface area (Å²) in [5.41, 5.74) is 2.40. The monoisotopic (exact) mass is 519 g/mol. The Hall–Kier alpha value is -3.14. The summed E-state index contributed by atoms with van der Waals surface area (Å²) in [6.45, 7) is 4.54. The number of fused-ring (bicyclic) bond motifs is 3. The third-order valence-electron chi connectivity index (χ3n) is 8.11. The number of likely N-dealkylation sites (N-methyl/N-ethyl adjacent to an activating group) is 1. The predicted octanol–water partition coefficient (Wildman–Crippen LogP) is 2.63. The first-order valence-electron chi connectivity index (χ1n) is 12.4. The van der Waals surface area contributed by atoms with Crippen LogP contribution in [0.4, 0.5) is 5.69 Å². The number of morpholine rings is 1. The maximum atomic E-state index is 15.0. The lowest BCUT2D eigenvalue weighted by atomic mass is 9.70. The molecule has 4 heterocycles. The maximum absolute atomic E-state index is 15.0. The number of amides is 1. The molecule has 1 amide bonds. The van der Waals surface area contributed by atoms with Gasteiger partial charge in [-0.1, -0.05) is 59.8 Å². The highest BCUT2D eigenvalue weighted by Gasteiger charge is 2.78. The Morgan fingerprint density at radius 2 is 1.81 bits per heavy atom. The molecule has 0 bridgehead atoms. The minimum Gasteiger partial charge on any atom is -0.469 e. The van der Waals surface area contributed by atoms with E-state index in [0.717, 1.165) is 16.2 Å². The number of carbonyl (C=O) groups is 3. The summed E-state index contributed by atoms with van der Waals surface area (Å²) in [4.78, 5) is 46.5. The zero-order chi connectivity index (χ0) is 25.9. The Morgan fingerprint density at radius 3 is 2.51 bits per heavy atom. The highest BCUT2D eigenvalue weighted by molar-refractivity contribution is 8.06. The van der Waals surface area contributed by atoms with Crippen LogP contribution in [0.3, 0.4) is 0 Å². The van der Waals surface area contributed by atoms with Crippen LogP contribution in [0.25, 0.3) is 5.57 Å². The number of allylic oxidation sites excluding steroid dienone is 1. The van der Waals surface area contributed by atoms with Crippen molar-refractivity contribution < 1.29 is 23.9 Å². The van der Waals surface area contributed by atoms with Crippen LogP contribution >= 0.6 is 11.8 Å². The Kier molecular flexibility index (Phi) is 5.70. The van der Waals surface area contributed by atoms with Gasteiger partial charge in [0, 0.05) is 30.9 Å². The number of Topliss-reactive ketones (excluding diaryl/α,β-unsaturated/α-hetero) is 1. The molecule has 6 rings (SSSR count). The lowest BCUT2D eigenvalue weighted by Gasteiger charge is -2.42. The molecule has 2 saturated heterocycles. The SMILES string of the molecule is COC(=O)[C@@H]1CN(C)[C@@]2(C(=O)Nc3ccccc32)C12SC(N1CCOCC1)=C(c1ccc(C)cc1)C2=O. The second-order valence-corrected chi connectivity index (χ2v) is 11.2. The molecule has 2 fully saturated rings. The molecule has 4 aliphatic heterocycles. The average molecular weight is 520 g/mol. The van der Waals surface area contributed by atoms with Gasteiger partial charge >= 0.3 is 5.97 Å². The van der Waals surface area contributed by atoms with Gasteiger partial charge in [0.1, 0.15) is 4.75 Å². The Balaban J connectivity index is 1.62. The fraction of sp³-hybridized carbons (Fsp3) is 0.393. The van der Waals surface area contributed by atoms with Crippen molar-refractivity contribution in [3.05, 3.63) is 70.3 Å². The molecule has 0 aliphatic carbocycles. The van der Waals surface area contributed by atoms with Gasteiger partial charge in [0.25, 0.3) is 5.91 Å². The number of esters is 1. The number of likely N-dealkylation sites (tertiary alicyclic amines) is 1. The van der Waals surface area contributed by atoms with Crippen molar-refractivity contribution in [2.75, 3.05) is 52.3 Å². The van der Waals surface area contributed by atoms with Crippen molar-refractivity contribution in [1.29, 1.82) is 0 Å². The van der Waals surface area contributed by atoms with Crippen molar-refractivity contribution in [1.82, 2.24) is 9.80 Å². The zero-order valence-corrected chi connectivity index (χ0v) is 21.9. The molecule has 2 aromatic rings. The van der Waals surface area contributed by atoms with Crippen molar-refractivity contribution in [2.24, 2.45) is 5.92 Å². The van der Waals surface area contributed by atoms with Crippen LogP contribution in [0.5, 0.6) is 0 Å². The van der Waals surface area contributed by atoms with Gasteiger partial charge in [-0.3, -0.25) is 19.3 Å². The van der Waals surface area contributed by atoms with Crippen molar-refractivity contribution in [2.45, 2.75) is 17.2 Å². The lowest BCUT2D eigenvalue weighted by molar-refractivity contribution is -0.147. The van der Waals surface area contributed by atoms with Gasteiger partial charge in [0.15, 0.2) is 11.3 Å². The number of ketones is 1. The molecule has 0 saturated carbocycles. The number of nitrogens with zero attached hydrogens (tertiary/aromatic N) is 2. The average Bonchev–Trinajstić information content (AvgIpc) is 3.49. The first-order chi connectivity index (χ1) is 17.9. The molecule has 2 spiro atoms. The number of rotatable bonds is 3. The van der Waals surface area contributed by atoms with Gasteiger partial charge in [-0.05, 0) is 25.6 Å². The van der Waals surface area contributed by atoms with Gasteiger partial charge in [-0.2, -0.15) is 0 Å². The highest BCUT2D eigenvalue weighted by Crippen LogP contribution is 2.66. The fourth-order valence-corrected chi connectivity index (χ4v) is 8.36. The number of aryl methyl sites for hydroxylation is 1. The second kappa shape index (κ2) is 8.72. The lowest BCUT2D eigenvalue weighted by Crippen LogP contribution is -2.62. The number of anilines is 1. The fourth-order valence-electron chi connectivity index (χ4n) is 6.41. The predicted molar refractivity (Wildman–Crippen MR) is 141 cm³/mol. The molecule has 3 atom stereocenters. The number of benzene rings is 2. The van der Waals surface area contributed by atoms with Crippen LogP contribution in [0.15, 0.2) is 53.6 Å². The van der Waals surface area contributed by atoms with E-state index in [-0.39, 0.29) is 18.2 Å². The second-order valence-electron chi connectivity index (χ2n) is 9.98. The van der Waals surface area contributed by atoms with Gasteiger partial charge in [0.05, 0.1) is 36.8 Å². The molecule has 1 N–H and O–H groups in total. The highest BCUT2D eigenvalue weighted by atomic mass is 32.2. The Morgan fingerprint density at radius 1 is 1.11 bits per heavy atom. The molecule has 0 radical (unpaired) electrons. The van der Waals surface area contributed by atoms with Crippen molar-refractivity contribution in [3.8, 4) is 0 Å². The summed E-state index contributed by atoms with van der Waals surface area (Å²) in [6, 6.07) is 15.3. The largest absolute Gasteiger partial charge is 0.469 e. The summed E-state index contributed by atoms with van der Waals surface area (Å²) >= 11 is 1.36.